The maximum atomic E-state index is 10.8. The molecule has 1 aliphatic heterocycles. The third-order valence-corrected chi connectivity index (χ3v) is 5.33. The molecular formula is C20H24BrNO. The monoisotopic (exact) mass is 373 g/mol. The molecule has 1 atom stereocenters. The van der Waals surface area contributed by atoms with Crippen LogP contribution in [0.15, 0.2) is 53.0 Å². The van der Waals surface area contributed by atoms with Gasteiger partial charge in [-0.2, -0.15) is 0 Å². The zero-order chi connectivity index (χ0) is 16.3. The first-order chi connectivity index (χ1) is 11.0. The quantitative estimate of drug-likeness (QED) is 0.812. The van der Waals surface area contributed by atoms with Gasteiger partial charge in [0.1, 0.15) is 0 Å². The molecule has 0 bridgehead atoms. The number of hydrogen-bond acceptors (Lipinski definition) is 2. The highest BCUT2D eigenvalue weighted by Gasteiger charge is 2.24. The molecule has 0 aromatic heterocycles. The number of aliphatic hydroxyl groups is 1. The van der Waals surface area contributed by atoms with E-state index in [4.69, 9.17) is 0 Å². The van der Waals surface area contributed by atoms with Crippen molar-refractivity contribution in [3.63, 3.8) is 0 Å². The van der Waals surface area contributed by atoms with Crippen LogP contribution in [-0.2, 0) is 5.60 Å². The Labute approximate surface area is 147 Å². The summed E-state index contributed by atoms with van der Waals surface area (Å²) in [7, 11) is 0. The van der Waals surface area contributed by atoms with Gasteiger partial charge in [-0.3, -0.25) is 0 Å². The Morgan fingerprint density at radius 1 is 0.957 bits per heavy atom. The van der Waals surface area contributed by atoms with E-state index in [0.717, 1.165) is 23.0 Å². The van der Waals surface area contributed by atoms with E-state index in [9.17, 15) is 5.11 Å². The smallest absolute Gasteiger partial charge is 0.0880 e. The van der Waals surface area contributed by atoms with Crippen LogP contribution in [-0.4, -0.2) is 29.6 Å². The van der Waals surface area contributed by atoms with E-state index in [2.05, 4.69) is 69.4 Å². The molecule has 1 saturated heterocycles. The van der Waals surface area contributed by atoms with Crippen molar-refractivity contribution in [3.8, 4) is 11.1 Å². The number of likely N-dealkylation sites (tertiary alicyclic amines) is 1. The average Bonchev–Trinajstić information content (AvgIpc) is 3.08. The minimum Gasteiger partial charge on any atom is -0.385 e. The fourth-order valence-electron chi connectivity index (χ4n) is 3.19. The lowest BCUT2D eigenvalue weighted by Crippen LogP contribution is -2.29. The topological polar surface area (TPSA) is 23.5 Å². The summed E-state index contributed by atoms with van der Waals surface area (Å²) in [6.07, 6.45) is 3.37. The third-order valence-electron chi connectivity index (χ3n) is 4.80. The molecule has 1 aliphatic rings. The molecule has 122 valence electrons. The first-order valence-electron chi connectivity index (χ1n) is 8.36. The Kier molecular flexibility index (Phi) is 5.20. The van der Waals surface area contributed by atoms with Crippen LogP contribution in [0.25, 0.3) is 11.1 Å². The Morgan fingerprint density at radius 3 is 2.04 bits per heavy atom. The summed E-state index contributed by atoms with van der Waals surface area (Å²) >= 11 is 3.46. The van der Waals surface area contributed by atoms with Crippen LogP contribution < -0.4 is 0 Å². The predicted octanol–water partition coefficient (Wildman–Crippen LogP) is 4.81. The Bertz CT molecular complexity index is 628. The first-order valence-corrected chi connectivity index (χ1v) is 9.15. The molecule has 1 unspecified atom stereocenters. The van der Waals surface area contributed by atoms with Crippen molar-refractivity contribution in [2.45, 2.75) is 31.8 Å². The van der Waals surface area contributed by atoms with Gasteiger partial charge in [0, 0.05) is 11.0 Å². The van der Waals surface area contributed by atoms with Gasteiger partial charge in [-0.15, -0.1) is 0 Å². The molecule has 3 rings (SSSR count). The molecule has 2 nitrogen and oxygen atoms in total. The summed E-state index contributed by atoms with van der Waals surface area (Å²) in [4.78, 5) is 2.45. The molecule has 0 aliphatic carbocycles. The molecule has 2 aromatic rings. The van der Waals surface area contributed by atoms with Crippen LogP contribution in [0.2, 0.25) is 0 Å². The van der Waals surface area contributed by atoms with Gasteiger partial charge in [-0.25, -0.2) is 0 Å². The summed E-state index contributed by atoms with van der Waals surface area (Å²) in [6.45, 7) is 5.26. The lowest BCUT2D eigenvalue weighted by atomic mass is 9.91. The summed E-state index contributed by atoms with van der Waals surface area (Å²) < 4.78 is 1.09. The molecule has 1 heterocycles. The zero-order valence-corrected chi connectivity index (χ0v) is 15.2. The van der Waals surface area contributed by atoms with Gasteiger partial charge in [-0.05, 0) is 68.1 Å². The van der Waals surface area contributed by atoms with E-state index >= 15 is 0 Å². The fourth-order valence-corrected chi connectivity index (χ4v) is 3.45. The number of halogens is 1. The normalized spacial score (nSPS) is 18.0. The second kappa shape index (κ2) is 7.16. The summed E-state index contributed by atoms with van der Waals surface area (Å²) in [5.41, 5.74) is 2.60. The van der Waals surface area contributed by atoms with E-state index in [0.29, 0.717) is 0 Å². The number of rotatable bonds is 5. The van der Waals surface area contributed by atoms with Gasteiger partial charge in [0.2, 0.25) is 0 Å². The number of benzene rings is 2. The summed E-state index contributed by atoms with van der Waals surface area (Å²) in [5.74, 6) is 0. The van der Waals surface area contributed by atoms with Crippen LogP contribution in [0.1, 0.15) is 31.7 Å². The van der Waals surface area contributed by atoms with E-state index in [1.807, 2.05) is 6.92 Å². The Morgan fingerprint density at radius 2 is 1.48 bits per heavy atom. The summed E-state index contributed by atoms with van der Waals surface area (Å²) in [5, 5.41) is 10.8. The lowest BCUT2D eigenvalue weighted by molar-refractivity contribution is 0.0383. The molecule has 3 heteroatoms. The number of nitrogens with zero attached hydrogens (tertiary/aromatic N) is 1. The molecule has 0 amide bonds. The van der Waals surface area contributed by atoms with E-state index in [1.165, 1.54) is 37.1 Å². The van der Waals surface area contributed by atoms with E-state index in [1.54, 1.807) is 0 Å². The Hall–Kier alpha value is -1.16. The fraction of sp³-hybridized carbons (Fsp3) is 0.400. The molecule has 0 spiro atoms. The van der Waals surface area contributed by atoms with Crippen molar-refractivity contribution in [1.29, 1.82) is 0 Å². The molecule has 23 heavy (non-hydrogen) atoms. The molecule has 0 saturated carbocycles. The van der Waals surface area contributed by atoms with Crippen LogP contribution in [0.5, 0.6) is 0 Å². The van der Waals surface area contributed by atoms with Gasteiger partial charge in [0.15, 0.2) is 0 Å². The van der Waals surface area contributed by atoms with E-state index < -0.39 is 5.60 Å². The van der Waals surface area contributed by atoms with Crippen LogP contribution in [0.3, 0.4) is 0 Å². The van der Waals surface area contributed by atoms with Gasteiger partial charge in [0.05, 0.1) is 5.60 Å². The molecule has 1 fully saturated rings. The largest absolute Gasteiger partial charge is 0.385 e. The SMILES string of the molecule is CC(O)(CCN1CCCC1)c1ccc(-c2ccc(Br)cc2)cc1. The summed E-state index contributed by atoms with van der Waals surface area (Å²) in [6, 6.07) is 16.6. The second-order valence-corrected chi connectivity index (χ2v) is 7.57. The maximum Gasteiger partial charge on any atom is 0.0880 e. The van der Waals surface area contributed by atoms with Crippen molar-refractivity contribution >= 4 is 15.9 Å². The predicted molar refractivity (Wildman–Crippen MR) is 99.4 cm³/mol. The zero-order valence-electron chi connectivity index (χ0n) is 13.6. The third kappa shape index (κ3) is 4.23. The van der Waals surface area contributed by atoms with Crippen molar-refractivity contribution in [3.05, 3.63) is 58.6 Å². The van der Waals surface area contributed by atoms with Gasteiger partial charge >= 0.3 is 0 Å². The average molecular weight is 374 g/mol. The molecule has 2 aromatic carbocycles. The first kappa shape index (κ1) is 16.7. The van der Waals surface area contributed by atoms with Gasteiger partial charge in [-0.1, -0.05) is 52.3 Å². The highest BCUT2D eigenvalue weighted by Crippen LogP contribution is 2.28. The second-order valence-electron chi connectivity index (χ2n) is 6.66. The lowest BCUT2D eigenvalue weighted by Gasteiger charge is -2.27. The Balaban J connectivity index is 1.68. The minimum atomic E-state index is -0.763. The van der Waals surface area contributed by atoms with Crippen LogP contribution in [0.4, 0.5) is 0 Å². The van der Waals surface area contributed by atoms with Crippen LogP contribution in [0, 0.1) is 0 Å². The standard InChI is InChI=1S/C20H24BrNO/c1-20(23,12-15-22-13-2-3-14-22)18-8-4-16(5-9-18)17-6-10-19(21)11-7-17/h4-11,23H,2-3,12-15H2,1H3. The highest BCUT2D eigenvalue weighted by molar-refractivity contribution is 9.10. The molecular weight excluding hydrogens is 350 g/mol. The van der Waals surface area contributed by atoms with Crippen molar-refractivity contribution in [2.24, 2.45) is 0 Å². The van der Waals surface area contributed by atoms with Gasteiger partial charge < -0.3 is 10.0 Å². The van der Waals surface area contributed by atoms with Crippen molar-refractivity contribution < 1.29 is 5.11 Å². The molecule has 0 radical (unpaired) electrons. The van der Waals surface area contributed by atoms with Crippen LogP contribution >= 0.6 is 15.9 Å². The maximum absolute atomic E-state index is 10.8. The van der Waals surface area contributed by atoms with Gasteiger partial charge in [0.25, 0.3) is 0 Å². The highest BCUT2D eigenvalue weighted by atomic mass is 79.9. The number of hydrogen-bond donors (Lipinski definition) is 1. The molecule has 1 N–H and O–H groups in total. The minimum absolute atomic E-state index is 0.763. The van der Waals surface area contributed by atoms with E-state index in [-0.39, 0.29) is 0 Å². The van der Waals surface area contributed by atoms with Crippen molar-refractivity contribution in [2.75, 3.05) is 19.6 Å². The van der Waals surface area contributed by atoms with Crippen molar-refractivity contribution in [1.82, 2.24) is 4.90 Å².